The molecule has 0 aliphatic rings. The molecule has 0 unspecified atom stereocenters. The standard InChI is InChI=1S/C13H7F3O/c14-11-6-13(16)12(15)5-10(11)9-3-1-2-8(4-9)7-17/h1-7H. The van der Waals surface area contributed by atoms with E-state index in [1.807, 2.05) is 0 Å². The molecule has 0 bridgehead atoms. The fraction of sp³-hybridized carbons (Fsp3) is 0. The van der Waals surface area contributed by atoms with E-state index < -0.39 is 17.5 Å². The zero-order chi connectivity index (χ0) is 12.4. The van der Waals surface area contributed by atoms with Crippen molar-refractivity contribution < 1.29 is 18.0 Å². The zero-order valence-corrected chi connectivity index (χ0v) is 8.58. The van der Waals surface area contributed by atoms with Gasteiger partial charge in [-0.1, -0.05) is 18.2 Å². The van der Waals surface area contributed by atoms with E-state index in [0.29, 0.717) is 23.5 Å². The van der Waals surface area contributed by atoms with Gasteiger partial charge in [0.05, 0.1) is 0 Å². The highest BCUT2D eigenvalue weighted by Gasteiger charge is 2.11. The summed E-state index contributed by atoms with van der Waals surface area (Å²) in [4.78, 5) is 10.6. The van der Waals surface area contributed by atoms with Crippen LogP contribution in [0.15, 0.2) is 36.4 Å². The van der Waals surface area contributed by atoms with E-state index in [4.69, 9.17) is 0 Å². The van der Waals surface area contributed by atoms with Crippen molar-refractivity contribution in [1.29, 1.82) is 0 Å². The minimum atomic E-state index is -1.24. The fourth-order valence-electron chi connectivity index (χ4n) is 1.52. The quantitative estimate of drug-likeness (QED) is 0.575. The van der Waals surface area contributed by atoms with E-state index in [0.717, 1.165) is 6.07 Å². The lowest BCUT2D eigenvalue weighted by Gasteiger charge is -2.05. The third-order valence-corrected chi connectivity index (χ3v) is 2.34. The Balaban J connectivity index is 2.59. The van der Waals surface area contributed by atoms with Gasteiger partial charge in [0.2, 0.25) is 0 Å². The molecule has 0 atom stereocenters. The van der Waals surface area contributed by atoms with Crippen molar-refractivity contribution in [3.8, 4) is 11.1 Å². The monoisotopic (exact) mass is 236 g/mol. The molecule has 4 heteroatoms. The smallest absolute Gasteiger partial charge is 0.161 e. The zero-order valence-electron chi connectivity index (χ0n) is 8.58. The molecule has 2 aromatic rings. The van der Waals surface area contributed by atoms with Crippen LogP contribution in [-0.2, 0) is 0 Å². The lowest BCUT2D eigenvalue weighted by molar-refractivity contribution is 0.112. The molecule has 2 aromatic carbocycles. The normalized spacial score (nSPS) is 10.3. The second-order valence-corrected chi connectivity index (χ2v) is 3.49. The second kappa shape index (κ2) is 4.41. The van der Waals surface area contributed by atoms with Crippen LogP contribution >= 0.6 is 0 Å². The number of benzene rings is 2. The third-order valence-electron chi connectivity index (χ3n) is 2.34. The first kappa shape index (κ1) is 11.4. The van der Waals surface area contributed by atoms with E-state index in [1.165, 1.54) is 18.2 Å². The van der Waals surface area contributed by atoms with Gasteiger partial charge in [-0.25, -0.2) is 13.2 Å². The first-order valence-corrected chi connectivity index (χ1v) is 4.82. The Morgan fingerprint density at radius 1 is 0.882 bits per heavy atom. The molecule has 86 valence electrons. The number of aldehydes is 1. The van der Waals surface area contributed by atoms with Crippen LogP contribution < -0.4 is 0 Å². The molecule has 0 spiro atoms. The molecule has 0 aliphatic carbocycles. The van der Waals surface area contributed by atoms with Gasteiger partial charge in [-0.15, -0.1) is 0 Å². The highest BCUT2D eigenvalue weighted by molar-refractivity contribution is 5.78. The molecular weight excluding hydrogens is 229 g/mol. The Morgan fingerprint density at radius 3 is 2.29 bits per heavy atom. The molecule has 0 saturated carbocycles. The molecule has 0 amide bonds. The summed E-state index contributed by atoms with van der Waals surface area (Å²) < 4.78 is 39.2. The SMILES string of the molecule is O=Cc1cccc(-c2cc(F)c(F)cc2F)c1. The summed E-state index contributed by atoms with van der Waals surface area (Å²) in [5.41, 5.74) is 0.588. The highest BCUT2D eigenvalue weighted by atomic mass is 19.2. The molecule has 0 aromatic heterocycles. The van der Waals surface area contributed by atoms with Gasteiger partial charge in [0.1, 0.15) is 12.1 Å². The summed E-state index contributed by atoms with van der Waals surface area (Å²) >= 11 is 0. The maximum atomic E-state index is 13.5. The largest absolute Gasteiger partial charge is 0.298 e. The number of carbonyl (C=O) groups excluding carboxylic acids is 1. The fourth-order valence-corrected chi connectivity index (χ4v) is 1.52. The van der Waals surface area contributed by atoms with Gasteiger partial charge >= 0.3 is 0 Å². The summed E-state index contributed by atoms with van der Waals surface area (Å²) in [5.74, 6) is -3.23. The average Bonchev–Trinajstić information content (AvgIpc) is 2.34. The van der Waals surface area contributed by atoms with Crippen molar-refractivity contribution >= 4 is 6.29 Å². The van der Waals surface area contributed by atoms with Gasteiger partial charge in [0, 0.05) is 17.2 Å². The number of carbonyl (C=O) groups is 1. The molecule has 0 N–H and O–H groups in total. The summed E-state index contributed by atoms with van der Waals surface area (Å²) in [5, 5.41) is 0. The van der Waals surface area contributed by atoms with Crippen LogP contribution in [0.1, 0.15) is 10.4 Å². The predicted molar refractivity (Wildman–Crippen MR) is 57.1 cm³/mol. The van der Waals surface area contributed by atoms with Crippen LogP contribution in [0.5, 0.6) is 0 Å². The van der Waals surface area contributed by atoms with Crippen molar-refractivity contribution in [2.45, 2.75) is 0 Å². The molecule has 0 radical (unpaired) electrons. The van der Waals surface area contributed by atoms with Crippen LogP contribution in [0.25, 0.3) is 11.1 Å². The molecular formula is C13H7F3O. The van der Waals surface area contributed by atoms with Crippen molar-refractivity contribution in [1.82, 2.24) is 0 Å². The minimum absolute atomic E-state index is 0.0763. The maximum Gasteiger partial charge on any atom is 0.161 e. The van der Waals surface area contributed by atoms with Crippen molar-refractivity contribution in [2.75, 3.05) is 0 Å². The van der Waals surface area contributed by atoms with Crippen LogP contribution in [0.4, 0.5) is 13.2 Å². The van der Waals surface area contributed by atoms with E-state index in [2.05, 4.69) is 0 Å². The lowest BCUT2D eigenvalue weighted by Crippen LogP contribution is -1.92. The Bertz CT molecular complexity index is 579. The Labute approximate surface area is 95.5 Å². The Morgan fingerprint density at radius 2 is 1.59 bits per heavy atom. The molecule has 0 aliphatic heterocycles. The van der Waals surface area contributed by atoms with Crippen molar-refractivity contribution in [2.24, 2.45) is 0 Å². The number of hydrogen-bond acceptors (Lipinski definition) is 1. The highest BCUT2D eigenvalue weighted by Crippen LogP contribution is 2.25. The predicted octanol–water partition coefficient (Wildman–Crippen LogP) is 3.58. The van der Waals surface area contributed by atoms with Crippen molar-refractivity contribution in [3.63, 3.8) is 0 Å². The third kappa shape index (κ3) is 2.20. The van der Waals surface area contributed by atoms with Gasteiger partial charge < -0.3 is 0 Å². The van der Waals surface area contributed by atoms with E-state index in [-0.39, 0.29) is 5.56 Å². The topological polar surface area (TPSA) is 17.1 Å². The van der Waals surface area contributed by atoms with Gasteiger partial charge in [-0.3, -0.25) is 4.79 Å². The molecule has 17 heavy (non-hydrogen) atoms. The first-order valence-electron chi connectivity index (χ1n) is 4.82. The van der Waals surface area contributed by atoms with E-state index in [1.54, 1.807) is 6.07 Å². The molecule has 2 rings (SSSR count). The molecule has 0 heterocycles. The average molecular weight is 236 g/mol. The van der Waals surface area contributed by atoms with Crippen LogP contribution in [0.2, 0.25) is 0 Å². The molecule has 0 fully saturated rings. The van der Waals surface area contributed by atoms with Crippen LogP contribution in [0, 0.1) is 17.5 Å². The minimum Gasteiger partial charge on any atom is -0.298 e. The van der Waals surface area contributed by atoms with Crippen LogP contribution in [0.3, 0.4) is 0 Å². The van der Waals surface area contributed by atoms with Crippen LogP contribution in [-0.4, -0.2) is 6.29 Å². The van der Waals surface area contributed by atoms with Gasteiger partial charge in [0.15, 0.2) is 11.6 Å². The Kier molecular flexibility index (Phi) is 2.95. The summed E-state index contributed by atoms with van der Waals surface area (Å²) in [6.07, 6.45) is 0.598. The Hall–Kier alpha value is -2.10. The number of rotatable bonds is 2. The maximum absolute atomic E-state index is 13.5. The van der Waals surface area contributed by atoms with Gasteiger partial charge in [-0.2, -0.15) is 0 Å². The van der Waals surface area contributed by atoms with E-state index >= 15 is 0 Å². The summed E-state index contributed by atoms with van der Waals surface area (Å²) in [6, 6.07) is 7.26. The number of halogens is 3. The molecule has 1 nitrogen and oxygen atoms in total. The van der Waals surface area contributed by atoms with Crippen molar-refractivity contribution in [3.05, 3.63) is 59.4 Å². The summed E-state index contributed by atoms with van der Waals surface area (Å²) in [7, 11) is 0. The summed E-state index contributed by atoms with van der Waals surface area (Å²) in [6.45, 7) is 0. The molecule has 0 saturated heterocycles. The number of hydrogen-bond donors (Lipinski definition) is 0. The van der Waals surface area contributed by atoms with Gasteiger partial charge in [0.25, 0.3) is 0 Å². The second-order valence-electron chi connectivity index (χ2n) is 3.49. The first-order chi connectivity index (χ1) is 8.11. The van der Waals surface area contributed by atoms with E-state index in [9.17, 15) is 18.0 Å². The lowest BCUT2D eigenvalue weighted by atomic mass is 10.0. The van der Waals surface area contributed by atoms with Gasteiger partial charge in [-0.05, 0) is 17.7 Å².